The van der Waals surface area contributed by atoms with E-state index in [4.69, 9.17) is 4.74 Å². The first kappa shape index (κ1) is 13.1. The van der Waals surface area contributed by atoms with Crippen LogP contribution in [0.25, 0.3) is 22.5 Å². The van der Waals surface area contributed by atoms with Crippen molar-refractivity contribution < 1.29 is 14.3 Å². The van der Waals surface area contributed by atoms with Gasteiger partial charge in [0.2, 0.25) is 0 Å². The molecule has 3 rings (SSSR count). The minimum atomic E-state index is -0.429. The van der Waals surface area contributed by atoms with Gasteiger partial charge in [0.25, 0.3) is 0 Å². The summed E-state index contributed by atoms with van der Waals surface area (Å²) in [7, 11) is 2.96. The van der Waals surface area contributed by atoms with Crippen molar-refractivity contribution >= 4 is 28.5 Å². The van der Waals surface area contributed by atoms with Crippen molar-refractivity contribution in [1.82, 2.24) is 14.8 Å². The third kappa shape index (κ3) is 2.31. The minimum absolute atomic E-state index is 0.429. The lowest BCUT2D eigenvalue weighted by Crippen LogP contribution is -1.93. The number of carbonyl (C=O) groups excluding carboxylic acids is 1. The predicted octanol–water partition coefficient (Wildman–Crippen LogP) is 2.08. The molecule has 2 aromatic heterocycles. The number of rotatable bonds is 3. The highest BCUT2D eigenvalue weighted by atomic mass is 16.5. The normalized spacial score (nSPS) is 11.3. The zero-order valence-corrected chi connectivity index (χ0v) is 11.6. The molecule has 0 saturated carbocycles. The fraction of sp³-hybridized carbons (Fsp3) is 0.133. The molecule has 0 aliphatic carbocycles. The molecule has 21 heavy (non-hydrogen) atoms. The van der Waals surface area contributed by atoms with Crippen molar-refractivity contribution in [2.24, 2.45) is 0 Å². The zero-order chi connectivity index (χ0) is 14.8. The minimum Gasteiger partial charge on any atom is -0.497 e. The van der Waals surface area contributed by atoms with Gasteiger partial charge in [0.1, 0.15) is 11.4 Å². The maximum absolute atomic E-state index is 11.1. The molecule has 0 fully saturated rings. The van der Waals surface area contributed by atoms with Gasteiger partial charge < -0.3 is 9.47 Å². The number of hydrogen-bond donors (Lipinski definition) is 0. The second-order valence-electron chi connectivity index (χ2n) is 4.39. The van der Waals surface area contributed by atoms with Gasteiger partial charge in [-0.1, -0.05) is 11.3 Å². The lowest BCUT2D eigenvalue weighted by molar-refractivity contribution is -0.134. The van der Waals surface area contributed by atoms with Gasteiger partial charge in [-0.05, 0) is 30.3 Å². The van der Waals surface area contributed by atoms with Crippen molar-refractivity contribution in [3.63, 3.8) is 0 Å². The molecule has 6 heteroatoms. The number of ether oxygens (including phenoxy) is 2. The predicted molar refractivity (Wildman–Crippen MR) is 78.1 cm³/mol. The van der Waals surface area contributed by atoms with Crippen LogP contribution >= 0.6 is 0 Å². The monoisotopic (exact) mass is 283 g/mol. The molecule has 0 amide bonds. The second-order valence-corrected chi connectivity index (χ2v) is 4.39. The van der Waals surface area contributed by atoms with E-state index in [0.717, 1.165) is 22.2 Å². The highest BCUT2D eigenvalue weighted by Gasteiger charge is 2.07. The quantitative estimate of drug-likeness (QED) is 0.544. The molecule has 0 atom stereocenters. The van der Waals surface area contributed by atoms with Gasteiger partial charge in [-0.2, -0.15) is 0 Å². The number of carbonyl (C=O) groups is 1. The number of methoxy groups -OCH3 is 2. The Balaban J connectivity index is 2.13. The fourth-order valence-electron chi connectivity index (χ4n) is 2.12. The van der Waals surface area contributed by atoms with Crippen LogP contribution in [0.1, 0.15) is 5.69 Å². The lowest BCUT2D eigenvalue weighted by Gasteiger charge is -2.03. The molecule has 3 aromatic rings. The first-order valence-electron chi connectivity index (χ1n) is 6.31. The lowest BCUT2D eigenvalue weighted by atomic mass is 10.2. The smallest absolute Gasteiger partial charge is 0.330 e. The van der Waals surface area contributed by atoms with E-state index in [9.17, 15) is 4.79 Å². The van der Waals surface area contributed by atoms with E-state index in [-0.39, 0.29) is 0 Å². The summed E-state index contributed by atoms with van der Waals surface area (Å²) in [6.07, 6.45) is 2.91. The van der Waals surface area contributed by atoms with Crippen molar-refractivity contribution in [3.05, 3.63) is 42.1 Å². The van der Waals surface area contributed by atoms with Crippen LogP contribution in [0, 0.1) is 0 Å². The third-order valence-corrected chi connectivity index (χ3v) is 3.19. The Labute approximate surface area is 120 Å². The summed E-state index contributed by atoms with van der Waals surface area (Å²) < 4.78 is 11.5. The summed E-state index contributed by atoms with van der Waals surface area (Å²) >= 11 is 0. The largest absolute Gasteiger partial charge is 0.497 e. The average Bonchev–Trinajstić information content (AvgIpc) is 2.95. The van der Waals surface area contributed by atoms with Gasteiger partial charge >= 0.3 is 5.97 Å². The molecule has 2 heterocycles. The first-order chi connectivity index (χ1) is 10.2. The third-order valence-electron chi connectivity index (χ3n) is 3.19. The maximum Gasteiger partial charge on any atom is 0.330 e. The van der Waals surface area contributed by atoms with Crippen LogP contribution in [0.15, 0.2) is 36.4 Å². The van der Waals surface area contributed by atoms with Crippen LogP contribution in [0.5, 0.6) is 5.75 Å². The van der Waals surface area contributed by atoms with E-state index in [1.54, 1.807) is 17.7 Å². The van der Waals surface area contributed by atoms with E-state index >= 15 is 0 Å². The molecule has 0 spiro atoms. The number of nitrogens with zero attached hydrogens (tertiary/aromatic N) is 3. The van der Waals surface area contributed by atoms with Crippen LogP contribution in [0.2, 0.25) is 0 Å². The molecule has 0 aliphatic heterocycles. The SMILES string of the molecule is COC(=O)C=Cc1nnn2c1ccc1cc(OC)ccc12. The molecule has 0 aliphatic rings. The molecule has 0 N–H and O–H groups in total. The molecule has 0 radical (unpaired) electrons. The van der Waals surface area contributed by atoms with E-state index in [1.165, 1.54) is 13.2 Å². The Morgan fingerprint density at radius 1 is 1.19 bits per heavy atom. The van der Waals surface area contributed by atoms with Crippen LogP contribution in [-0.2, 0) is 9.53 Å². The Hall–Kier alpha value is -2.89. The Bertz CT molecular complexity index is 852. The van der Waals surface area contributed by atoms with E-state index in [2.05, 4.69) is 15.0 Å². The van der Waals surface area contributed by atoms with E-state index in [0.29, 0.717) is 5.69 Å². The molecule has 6 nitrogen and oxygen atoms in total. The van der Waals surface area contributed by atoms with Crippen LogP contribution < -0.4 is 4.74 Å². The van der Waals surface area contributed by atoms with Crippen LogP contribution in [-0.4, -0.2) is 35.0 Å². The molecular weight excluding hydrogens is 270 g/mol. The van der Waals surface area contributed by atoms with Gasteiger partial charge in [-0.15, -0.1) is 5.10 Å². The Morgan fingerprint density at radius 2 is 2.00 bits per heavy atom. The standard InChI is InChI=1S/C15H13N3O3/c1-20-11-4-7-13-10(9-11)3-6-14-12(16-17-18(13)14)5-8-15(19)21-2/h3-9H,1-2H3. The molecule has 0 saturated heterocycles. The van der Waals surface area contributed by atoms with Crippen molar-refractivity contribution in [3.8, 4) is 5.75 Å². The number of benzene rings is 1. The van der Waals surface area contributed by atoms with Gasteiger partial charge in [0, 0.05) is 11.5 Å². The van der Waals surface area contributed by atoms with E-state index < -0.39 is 5.97 Å². The second kappa shape index (κ2) is 5.24. The fourth-order valence-corrected chi connectivity index (χ4v) is 2.12. The van der Waals surface area contributed by atoms with E-state index in [1.807, 2.05) is 30.3 Å². The number of hydrogen-bond acceptors (Lipinski definition) is 5. The summed E-state index contributed by atoms with van der Waals surface area (Å²) in [6, 6.07) is 9.59. The Morgan fingerprint density at radius 3 is 2.76 bits per heavy atom. The zero-order valence-electron chi connectivity index (χ0n) is 11.6. The first-order valence-corrected chi connectivity index (χ1v) is 6.31. The van der Waals surface area contributed by atoms with Gasteiger partial charge in [-0.25, -0.2) is 9.31 Å². The summed E-state index contributed by atoms with van der Waals surface area (Å²) in [5.74, 6) is 0.356. The topological polar surface area (TPSA) is 65.7 Å². The molecule has 106 valence electrons. The van der Waals surface area contributed by atoms with Crippen LogP contribution in [0.4, 0.5) is 0 Å². The number of pyridine rings is 1. The highest BCUT2D eigenvalue weighted by molar-refractivity contribution is 5.89. The number of esters is 1. The Kier molecular flexibility index (Phi) is 3.27. The van der Waals surface area contributed by atoms with Gasteiger partial charge in [0.15, 0.2) is 0 Å². The summed E-state index contributed by atoms with van der Waals surface area (Å²) in [4.78, 5) is 11.1. The molecule has 1 aromatic carbocycles. The number of aromatic nitrogens is 3. The van der Waals surface area contributed by atoms with Crippen molar-refractivity contribution in [2.45, 2.75) is 0 Å². The summed E-state index contributed by atoms with van der Waals surface area (Å²) in [5, 5.41) is 9.21. The molecule has 0 unspecified atom stereocenters. The summed E-state index contributed by atoms with van der Waals surface area (Å²) in [6.45, 7) is 0. The molecule has 0 bridgehead atoms. The van der Waals surface area contributed by atoms with Gasteiger partial charge in [-0.3, -0.25) is 0 Å². The highest BCUT2D eigenvalue weighted by Crippen LogP contribution is 2.23. The summed E-state index contributed by atoms with van der Waals surface area (Å²) in [5.41, 5.74) is 2.34. The molecular formula is C15H13N3O3. The van der Waals surface area contributed by atoms with Gasteiger partial charge in [0.05, 0.1) is 25.3 Å². The van der Waals surface area contributed by atoms with Crippen molar-refractivity contribution in [2.75, 3.05) is 14.2 Å². The van der Waals surface area contributed by atoms with Crippen molar-refractivity contribution in [1.29, 1.82) is 0 Å². The number of fused-ring (bicyclic) bond motifs is 3. The maximum atomic E-state index is 11.1. The average molecular weight is 283 g/mol. The van der Waals surface area contributed by atoms with Crippen LogP contribution in [0.3, 0.4) is 0 Å².